The van der Waals surface area contributed by atoms with E-state index in [1.165, 1.54) is 12.1 Å². The normalized spacial score (nSPS) is 9.62. The van der Waals surface area contributed by atoms with Crippen LogP contribution in [0.1, 0.15) is 0 Å². The quantitative estimate of drug-likeness (QED) is 0.727. The maximum absolute atomic E-state index is 10.3. The van der Waals surface area contributed by atoms with Gasteiger partial charge in [0.15, 0.2) is 0 Å². The average Bonchev–Trinajstić information content (AvgIpc) is 2.03. The number of phenols is 1. The molecule has 0 aliphatic heterocycles. The van der Waals surface area contributed by atoms with Gasteiger partial charge < -0.3 is 10.2 Å². The lowest BCUT2D eigenvalue weighted by atomic mass is 10.3. The zero-order valence-electron chi connectivity index (χ0n) is 6.64. The van der Waals surface area contributed by atoms with E-state index in [-0.39, 0.29) is 18.0 Å². The van der Waals surface area contributed by atoms with Gasteiger partial charge in [0.05, 0.1) is 5.69 Å². The minimum absolute atomic E-state index is 0.0428. The summed E-state index contributed by atoms with van der Waals surface area (Å²) in [6.07, 6.45) is 0. The van der Waals surface area contributed by atoms with Crippen molar-refractivity contribution in [3.8, 4) is 5.75 Å². The number of benzene rings is 1. The van der Waals surface area contributed by atoms with Crippen LogP contribution in [-0.2, 0) is 4.79 Å². The molecule has 1 aromatic carbocycles. The summed E-state index contributed by atoms with van der Waals surface area (Å²) in [6.45, 7) is -0.362. The van der Waals surface area contributed by atoms with Gasteiger partial charge in [-0.15, -0.1) is 0 Å². The highest BCUT2D eigenvalue weighted by Crippen LogP contribution is 2.27. The van der Waals surface area contributed by atoms with Crippen molar-refractivity contribution in [2.24, 2.45) is 0 Å². The highest BCUT2D eigenvalue weighted by Gasteiger charge is 2.10. The van der Waals surface area contributed by atoms with Gasteiger partial charge in [0.25, 0.3) is 0 Å². The van der Waals surface area contributed by atoms with Crippen LogP contribution < -0.4 is 4.42 Å². The highest BCUT2D eigenvalue weighted by molar-refractivity contribution is 6.27. The summed E-state index contributed by atoms with van der Waals surface area (Å²) in [7, 11) is 0. The van der Waals surface area contributed by atoms with E-state index in [0.717, 1.165) is 4.42 Å². The predicted molar refractivity (Wildman–Crippen MR) is 48.9 cm³/mol. The molecule has 0 radical (unpaired) electrons. The number of carboxylic acids is 1. The first-order valence-corrected chi connectivity index (χ1v) is 3.88. The van der Waals surface area contributed by atoms with Crippen molar-refractivity contribution in [3.05, 3.63) is 24.3 Å². The van der Waals surface area contributed by atoms with Crippen LogP contribution >= 0.6 is 11.8 Å². The van der Waals surface area contributed by atoms with Gasteiger partial charge in [-0.05, 0) is 12.1 Å². The van der Waals surface area contributed by atoms with E-state index in [9.17, 15) is 9.90 Å². The standard InChI is InChI=1S/C8H8ClNO3/c9-10(5-8(12)13)6-3-1-2-4-7(6)11/h1-4,11H,5H2,(H,12,13). The number of carboxylic acid groups (broad SMARTS) is 1. The number of halogens is 1. The zero-order chi connectivity index (χ0) is 9.84. The summed E-state index contributed by atoms with van der Waals surface area (Å²) in [5.74, 6) is -1.10. The van der Waals surface area contributed by atoms with Crippen molar-refractivity contribution in [2.45, 2.75) is 0 Å². The van der Waals surface area contributed by atoms with Crippen LogP contribution in [0.4, 0.5) is 5.69 Å². The molecular formula is C8H8ClNO3. The van der Waals surface area contributed by atoms with Crippen molar-refractivity contribution >= 4 is 23.4 Å². The van der Waals surface area contributed by atoms with Crippen LogP contribution in [0.15, 0.2) is 24.3 Å². The van der Waals surface area contributed by atoms with Gasteiger partial charge in [-0.2, -0.15) is 0 Å². The summed E-state index contributed by atoms with van der Waals surface area (Å²) in [5.41, 5.74) is 0.284. The molecule has 70 valence electrons. The Bertz CT molecular complexity index is 316. The molecule has 2 N–H and O–H groups in total. The first-order chi connectivity index (χ1) is 6.11. The van der Waals surface area contributed by atoms with Crippen molar-refractivity contribution < 1.29 is 15.0 Å². The Morgan fingerprint density at radius 3 is 2.62 bits per heavy atom. The van der Waals surface area contributed by atoms with E-state index >= 15 is 0 Å². The lowest BCUT2D eigenvalue weighted by molar-refractivity contribution is -0.135. The molecule has 1 rings (SSSR count). The van der Waals surface area contributed by atoms with E-state index in [4.69, 9.17) is 16.9 Å². The van der Waals surface area contributed by atoms with E-state index < -0.39 is 5.97 Å². The lowest BCUT2D eigenvalue weighted by Crippen LogP contribution is -2.19. The monoisotopic (exact) mass is 201 g/mol. The molecule has 0 spiro atoms. The van der Waals surface area contributed by atoms with E-state index in [0.29, 0.717) is 0 Å². The first-order valence-electron chi connectivity index (χ1n) is 3.54. The minimum atomic E-state index is -1.06. The summed E-state index contributed by atoms with van der Waals surface area (Å²) in [6, 6.07) is 6.26. The van der Waals surface area contributed by atoms with Gasteiger partial charge in [-0.1, -0.05) is 12.1 Å². The maximum Gasteiger partial charge on any atom is 0.324 e. The third-order valence-corrected chi connectivity index (χ3v) is 1.72. The van der Waals surface area contributed by atoms with Crippen molar-refractivity contribution in [3.63, 3.8) is 0 Å². The number of rotatable bonds is 3. The van der Waals surface area contributed by atoms with E-state index in [1.54, 1.807) is 12.1 Å². The first kappa shape index (κ1) is 9.67. The second kappa shape index (κ2) is 4.00. The summed E-state index contributed by atoms with van der Waals surface area (Å²) in [4.78, 5) is 10.3. The van der Waals surface area contributed by atoms with Gasteiger partial charge in [-0.25, -0.2) is 0 Å². The van der Waals surface area contributed by atoms with Crippen LogP contribution in [0.2, 0.25) is 0 Å². The molecule has 0 amide bonds. The van der Waals surface area contributed by atoms with Crippen molar-refractivity contribution in [2.75, 3.05) is 11.0 Å². The largest absolute Gasteiger partial charge is 0.506 e. The molecule has 0 aliphatic carbocycles. The van der Waals surface area contributed by atoms with Gasteiger partial charge in [0.2, 0.25) is 0 Å². The molecule has 0 aliphatic rings. The SMILES string of the molecule is O=C(O)CN(Cl)c1ccccc1O. The number of hydrogen-bond acceptors (Lipinski definition) is 3. The Morgan fingerprint density at radius 1 is 1.46 bits per heavy atom. The second-order valence-corrected chi connectivity index (χ2v) is 2.81. The fourth-order valence-electron chi connectivity index (χ4n) is 0.873. The molecular weight excluding hydrogens is 194 g/mol. The number of carbonyl (C=O) groups is 1. The minimum Gasteiger partial charge on any atom is -0.506 e. The molecule has 0 saturated carbocycles. The number of anilines is 1. The lowest BCUT2D eigenvalue weighted by Gasteiger charge is -2.13. The van der Waals surface area contributed by atoms with Crippen molar-refractivity contribution in [1.29, 1.82) is 0 Å². The number of aliphatic carboxylic acids is 1. The molecule has 0 saturated heterocycles. The topological polar surface area (TPSA) is 60.8 Å². The smallest absolute Gasteiger partial charge is 0.324 e. The van der Waals surface area contributed by atoms with E-state index in [2.05, 4.69) is 0 Å². The number of nitrogens with zero attached hydrogens (tertiary/aromatic N) is 1. The highest BCUT2D eigenvalue weighted by atomic mass is 35.5. The molecule has 0 unspecified atom stereocenters. The third-order valence-electron chi connectivity index (χ3n) is 1.42. The zero-order valence-corrected chi connectivity index (χ0v) is 7.40. The number of phenolic OH excluding ortho intramolecular Hbond substituents is 1. The Kier molecular flexibility index (Phi) is 2.97. The van der Waals surface area contributed by atoms with Gasteiger partial charge in [0.1, 0.15) is 12.3 Å². The second-order valence-electron chi connectivity index (χ2n) is 2.40. The molecule has 0 aromatic heterocycles. The molecule has 0 bridgehead atoms. The molecule has 5 heteroatoms. The van der Waals surface area contributed by atoms with E-state index in [1.807, 2.05) is 0 Å². The van der Waals surface area contributed by atoms with Crippen LogP contribution in [0.25, 0.3) is 0 Å². The predicted octanol–water partition coefficient (Wildman–Crippen LogP) is 1.44. The molecule has 0 atom stereocenters. The molecule has 4 nitrogen and oxygen atoms in total. The summed E-state index contributed by atoms with van der Waals surface area (Å²) >= 11 is 5.60. The number of para-hydroxylation sites is 2. The summed E-state index contributed by atoms with van der Waals surface area (Å²) < 4.78 is 0.942. The molecule has 0 fully saturated rings. The average molecular weight is 202 g/mol. The Hall–Kier alpha value is -1.42. The molecule has 1 aromatic rings. The molecule has 0 heterocycles. The van der Waals surface area contributed by atoms with Crippen molar-refractivity contribution in [1.82, 2.24) is 0 Å². The Morgan fingerprint density at radius 2 is 2.08 bits per heavy atom. The molecule has 13 heavy (non-hydrogen) atoms. The Labute approximate surface area is 80.1 Å². The number of hydrogen-bond donors (Lipinski definition) is 2. The van der Waals surface area contributed by atoms with Crippen LogP contribution in [0.5, 0.6) is 5.75 Å². The van der Waals surface area contributed by atoms with Crippen LogP contribution in [-0.4, -0.2) is 22.7 Å². The maximum atomic E-state index is 10.3. The Balaban J connectivity index is 2.82. The fourth-order valence-corrected chi connectivity index (χ4v) is 1.12. The third kappa shape index (κ3) is 2.52. The van der Waals surface area contributed by atoms with Crippen LogP contribution in [0.3, 0.4) is 0 Å². The van der Waals surface area contributed by atoms with Gasteiger partial charge in [-0.3, -0.25) is 9.21 Å². The van der Waals surface area contributed by atoms with Gasteiger partial charge >= 0.3 is 5.97 Å². The van der Waals surface area contributed by atoms with Gasteiger partial charge in [0, 0.05) is 11.8 Å². The number of aromatic hydroxyl groups is 1. The summed E-state index contributed by atoms with van der Waals surface area (Å²) in [5, 5.41) is 17.7. The fraction of sp³-hybridized carbons (Fsp3) is 0.125. The van der Waals surface area contributed by atoms with Crippen LogP contribution in [0, 0.1) is 0 Å².